The van der Waals surface area contributed by atoms with Gasteiger partial charge in [0.25, 0.3) is 5.91 Å². The molecule has 2 saturated heterocycles. The lowest BCUT2D eigenvalue weighted by Crippen LogP contribution is -2.57. The normalized spacial score (nSPS) is 25.8. The second-order valence-corrected chi connectivity index (χ2v) is 7.99. The van der Waals surface area contributed by atoms with Gasteiger partial charge in [-0.15, -0.1) is 0 Å². The Morgan fingerprint density at radius 2 is 2.08 bits per heavy atom. The molecule has 1 aromatic rings. The molecule has 0 aromatic carbocycles. The first-order chi connectivity index (χ1) is 12.7. The molecule has 0 unspecified atom stereocenters. The standard InChI is InChI=1S/C20H29N3O3/c1-2-3-11-23-17-10-12-22(13-14(17)8-9-18(23)24)20(25)19-15-6-4-5-7-16(15)21-26-19/h14,17H,2-13H2,1H3/t14-,17+/m0/s1. The second-order valence-electron chi connectivity index (χ2n) is 7.99. The number of carbonyl (C=O) groups excluding carboxylic acids is 2. The lowest BCUT2D eigenvalue weighted by molar-refractivity contribution is -0.140. The molecule has 3 heterocycles. The first kappa shape index (κ1) is 17.6. The fraction of sp³-hybridized carbons (Fsp3) is 0.750. The molecule has 0 radical (unpaired) electrons. The van der Waals surface area contributed by atoms with E-state index < -0.39 is 0 Å². The Morgan fingerprint density at radius 3 is 2.92 bits per heavy atom. The van der Waals surface area contributed by atoms with Gasteiger partial charge in [-0.2, -0.15) is 0 Å². The molecule has 1 aromatic heterocycles. The zero-order valence-corrected chi connectivity index (χ0v) is 15.7. The first-order valence-corrected chi connectivity index (χ1v) is 10.2. The van der Waals surface area contributed by atoms with Crippen LogP contribution < -0.4 is 0 Å². The Morgan fingerprint density at radius 1 is 1.23 bits per heavy atom. The number of carbonyl (C=O) groups is 2. The van der Waals surface area contributed by atoms with Crippen LogP contribution in [0.3, 0.4) is 0 Å². The number of hydrogen-bond donors (Lipinski definition) is 0. The summed E-state index contributed by atoms with van der Waals surface area (Å²) in [7, 11) is 0. The van der Waals surface area contributed by atoms with Gasteiger partial charge < -0.3 is 14.3 Å². The van der Waals surface area contributed by atoms with Crippen molar-refractivity contribution >= 4 is 11.8 Å². The molecule has 0 saturated carbocycles. The largest absolute Gasteiger partial charge is 0.350 e. The van der Waals surface area contributed by atoms with Crippen LogP contribution in [0.5, 0.6) is 0 Å². The third-order valence-electron chi connectivity index (χ3n) is 6.34. The summed E-state index contributed by atoms with van der Waals surface area (Å²) in [4.78, 5) is 29.4. The van der Waals surface area contributed by atoms with Crippen LogP contribution in [-0.4, -0.2) is 52.4 Å². The summed E-state index contributed by atoms with van der Waals surface area (Å²) in [5, 5.41) is 4.13. The summed E-state index contributed by atoms with van der Waals surface area (Å²) in [6, 6.07) is 0.301. The molecule has 0 bridgehead atoms. The second kappa shape index (κ2) is 7.41. The van der Waals surface area contributed by atoms with E-state index in [9.17, 15) is 9.59 Å². The van der Waals surface area contributed by atoms with Crippen LogP contribution >= 0.6 is 0 Å². The highest BCUT2D eigenvalue weighted by Crippen LogP contribution is 2.33. The minimum absolute atomic E-state index is 0.00360. The molecule has 142 valence electrons. The molecule has 26 heavy (non-hydrogen) atoms. The van der Waals surface area contributed by atoms with E-state index in [1.807, 2.05) is 4.90 Å². The summed E-state index contributed by atoms with van der Waals surface area (Å²) in [6.07, 6.45) is 8.60. The van der Waals surface area contributed by atoms with Gasteiger partial charge in [-0.25, -0.2) is 0 Å². The summed E-state index contributed by atoms with van der Waals surface area (Å²) in [6.45, 7) is 4.45. The van der Waals surface area contributed by atoms with E-state index in [4.69, 9.17) is 4.52 Å². The Labute approximate surface area is 154 Å². The van der Waals surface area contributed by atoms with Crippen molar-refractivity contribution in [3.8, 4) is 0 Å². The smallest absolute Gasteiger partial charge is 0.292 e. The number of amides is 2. The Hall–Kier alpha value is -1.85. The molecule has 4 rings (SSSR count). The molecule has 6 heteroatoms. The van der Waals surface area contributed by atoms with E-state index in [1.165, 1.54) is 0 Å². The van der Waals surface area contributed by atoms with Gasteiger partial charge >= 0.3 is 0 Å². The van der Waals surface area contributed by atoms with Crippen molar-refractivity contribution in [1.82, 2.24) is 15.0 Å². The highest BCUT2D eigenvalue weighted by atomic mass is 16.5. The van der Waals surface area contributed by atoms with Crippen LogP contribution in [0.1, 0.15) is 73.7 Å². The van der Waals surface area contributed by atoms with Gasteiger partial charge in [0.15, 0.2) is 0 Å². The predicted octanol–water partition coefficient (Wildman–Crippen LogP) is 2.81. The third kappa shape index (κ3) is 3.14. The minimum Gasteiger partial charge on any atom is -0.350 e. The van der Waals surface area contributed by atoms with Gasteiger partial charge in [-0.05, 0) is 50.9 Å². The highest BCUT2D eigenvalue weighted by Gasteiger charge is 2.41. The van der Waals surface area contributed by atoms with E-state index in [0.29, 0.717) is 36.6 Å². The summed E-state index contributed by atoms with van der Waals surface area (Å²) in [5.41, 5.74) is 2.01. The number of hydrogen-bond acceptors (Lipinski definition) is 4. The molecular weight excluding hydrogens is 330 g/mol. The van der Waals surface area contributed by atoms with Gasteiger partial charge in [0.05, 0.1) is 5.69 Å². The number of unbranched alkanes of at least 4 members (excludes halogenated alkanes) is 1. The number of likely N-dealkylation sites (tertiary alicyclic amines) is 2. The monoisotopic (exact) mass is 359 g/mol. The zero-order chi connectivity index (χ0) is 18.1. The maximum Gasteiger partial charge on any atom is 0.292 e. The average molecular weight is 359 g/mol. The number of fused-ring (bicyclic) bond motifs is 2. The van der Waals surface area contributed by atoms with Crippen molar-refractivity contribution < 1.29 is 14.1 Å². The van der Waals surface area contributed by atoms with Gasteiger partial charge in [0, 0.05) is 37.7 Å². The molecule has 3 aliphatic rings. The lowest BCUT2D eigenvalue weighted by Gasteiger charge is -2.47. The average Bonchev–Trinajstić information content (AvgIpc) is 3.10. The Kier molecular flexibility index (Phi) is 5.00. The van der Waals surface area contributed by atoms with E-state index in [2.05, 4.69) is 17.0 Å². The van der Waals surface area contributed by atoms with E-state index in [0.717, 1.165) is 75.7 Å². The minimum atomic E-state index is -0.00360. The molecule has 2 aliphatic heterocycles. The number of rotatable bonds is 4. The highest BCUT2D eigenvalue weighted by molar-refractivity contribution is 5.93. The van der Waals surface area contributed by atoms with Gasteiger partial charge in [0.2, 0.25) is 11.7 Å². The molecule has 2 fully saturated rings. The van der Waals surface area contributed by atoms with Crippen molar-refractivity contribution in [3.05, 3.63) is 17.0 Å². The fourth-order valence-electron chi connectivity index (χ4n) is 4.86. The molecule has 2 atom stereocenters. The van der Waals surface area contributed by atoms with Crippen molar-refractivity contribution in [2.45, 2.75) is 70.8 Å². The molecule has 0 spiro atoms. The first-order valence-electron chi connectivity index (χ1n) is 10.2. The van der Waals surface area contributed by atoms with Crippen LogP contribution in [0.2, 0.25) is 0 Å². The van der Waals surface area contributed by atoms with Crippen LogP contribution in [0, 0.1) is 5.92 Å². The number of aryl methyl sites for hydroxylation is 1. The maximum atomic E-state index is 13.0. The van der Waals surface area contributed by atoms with E-state index in [-0.39, 0.29) is 5.91 Å². The Balaban J connectivity index is 1.46. The van der Waals surface area contributed by atoms with Gasteiger partial charge in [0.1, 0.15) is 0 Å². The number of piperidine rings is 2. The SMILES string of the molecule is CCCCN1C(=O)CC[C@H]2CN(C(=O)c3onc4c3CCCC4)CC[C@H]21. The van der Waals surface area contributed by atoms with Crippen LogP contribution in [0.25, 0.3) is 0 Å². The summed E-state index contributed by atoms with van der Waals surface area (Å²) < 4.78 is 5.45. The van der Waals surface area contributed by atoms with Gasteiger partial charge in [-0.1, -0.05) is 18.5 Å². The van der Waals surface area contributed by atoms with Crippen molar-refractivity contribution in [2.75, 3.05) is 19.6 Å². The molecule has 6 nitrogen and oxygen atoms in total. The van der Waals surface area contributed by atoms with Crippen LogP contribution in [0.15, 0.2) is 4.52 Å². The van der Waals surface area contributed by atoms with Crippen molar-refractivity contribution in [1.29, 1.82) is 0 Å². The number of nitrogens with zero attached hydrogens (tertiary/aromatic N) is 3. The quantitative estimate of drug-likeness (QED) is 0.829. The van der Waals surface area contributed by atoms with Crippen molar-refractivity contribution in [3.63, 3.8) is 0 Å². The lowest BCUT2D eigenvalue weighted by atomic mass is 9.83. The zero-order valence-electron chi connectivity index (χ0n) is 15.7. The maximum absolute atomic E-state index is 13.0. The fourth-order valence-corrected chi connectivity index (χ4v) is 4.86. The molecule has 0 N–H and O–H groups in total. The van der Waals surface area contributed by atoms with E-state index in [1.54, 1.807) is 0 Å². The van der Waals surface area contributed by atoms with Crippen LogP contribution in [0.4, 0.5) is 0 Å². The summed E-state index contributed by atoms with van der Waals surface area (Å²) in [5.74, 6) is 1.15. The van der Waals surface area contributed by atoms with Gasteiger partial charge in [-0.3, -0.25) is 9.59 Å². The topological polar surface area (TPSA) is 66.7 Å². The van der Waals surface area contributed by atoms with E-state index >= 15 is 0 Å². The summed E-state index contributed by atoms with van der Waals surface area (Å²) >= 11 is 0. The van der Waals surface area contributed by atoms with Crippen molar-refractivity contribution in [2.24, 2.45) is 5.92 Å². The van der Waals surface area contributed by atoms with Crippen LogP contribution in [-0.2, 0) is 17.6 Å². The third-order valence-corrected chi connectivity index (χ3v) is 6.34. The Bertz CT molecular complexity index is 684. The number of aromatic nitrogens is 1. The molecular formula is C20H29N3O3. The molecule has 1 aliphatic carbocycles. The predicted molar refractivity (Wildman–Crippen MR) is 96.8 cm³/mol. The molecule has 2 amide bonds.